The van der Waals surface area contributed by atoms with E-state index in [9.17, 15) is 9.59 Å². The average Bonchev–Trinajstić information content (AvgIpc) is 2.64. The van der Waals surface area contributed by atoms with Crippen LogP contribution in [0.1, 0.15) is 44.2 Å². The van der Waals surface area contributed by atoms with Gasteiger partial charge in [-0.1, -0.05) is 49.6 Å². The Morgan fingerprint density at radius 1 is 1.10 bits per heavy atom. The van der Waals surface area contributed by atoms with Gasteiger partial charge in [-0.05, 0) is 25.8 Å². The summed E-state index contributed by atoms with van der Waals surface area (Å²) >= 11 is 0. The maximum atomic E-state index is 12.6. The summed E-state index contributed by atoms with van der Waals surface area (Å²) in [5.41, 5.74) is 1.14. The average molecular weight is 288 g/mol. The molecule has 0 saturated carbocycles. The minimum Gasteiger partial charge on any atom is -0.306 e. The number of carbonyl (C=O) groups is 2. The first-order chi connectivity index (χ1) is 9.92. The molecule has 0 N–H and O–H groups in total. The van der Waals surface area contributed by atoms with Gasteiger partial charge in [0.2, 0.25) is 0 Å². The molecule has 1 saturated heterocycles. The van der Waals surface area contributed by atoms with E-state index < -0.39 is 5.54 Å². The smallest absolute Gasteiger partial charge is 0.306 e. The highest BCUT2D eigenvalue weighted by atomic mass is 16.2. The number of imide groups is 1. The normalized spacial score (nSPS) is 22.3. The van der Waals surface area contributed by atoms with Crippen molar-refractivity contribution in [2.24, 2.45) is 0 Å². The lowest BCUT2D eigenvalue weighted by molar-refractivity contribution is -0.132. The molecule has 0 bridgehead atoms. The lowest BCUT2D eigenvalue weighted by Gasteiger charge is -2.32. The molecule has 0 aliphatic carbocycles. The van der Waals surface area contributed by atoms with Gasteiger partial charge in [0.05, 0.1) is 0 Å². The van der Waals surface area contributed by atoms with Crippen LogP contribution in [0.15, 0.2) is 24.3 Å². The van der Waals surface area contributed by atoms with Crippen LogP contribution in [0.4, 0.5) is 4.79 Å². The third-order valence-corrected chi connectivity index (χ3v) is 4.38. The summed E-state index contributed by atoms with van der Waals surface area (Å²) in [6.07, 6.45) is 3.07. The van der Waals surface area contributed by atoms with Crippen LogP contribution in [0.5, 0.6) is 0 Å². The molecule has 1 aliphatic rings. The summed E-state index contributed by atoms with van der Waals surface area (Å²) in [7, 11) is 1.57. The molecule has 1 aromatic carbocycles. The lowest BCUT2D eigenvalue weighted by Crippen LogP contribution is -2.44. The Hall–Kier alpha value is -1.84. The summed E-state index contributed by atoms with van der Waals surface area (Å²) in [6.45, 7) is 6.61. The number of likely N-dealkylation sites (N-methyl/N-ethyl adjacent to an activating group) is 1. The fourth-order valence-electron chi connectivity index (χ4n) is 2.90. The highest BCUT2D eigenvalue weighted by Crippen LogP contribution is 2.36. The second-order valence-corrected chi connectivity index (χ2v) is 5.94. The standard InChI is InChI=1S/C17H24N2O2/c1-5-6-7-12-19-16(21)18(4)15(20)17(19,3)14-10-8-13(2)9-11-14/h8-11H,5-7,12H2,1-4H3/t17-/m1/s1. The number of carbonyl (C=O) groups excluding carboxylic acids is 2. The largest absolute Gasteiger partial charge is 0.327 e. The molecule has 1 atom stereocenters. The van der Waals surface area contributed by atoms with Crippen LogP contribution < -0.4 is 0 Å². The maximum Gasteiger partial charge on any atom is 0.327 e. The molecular weight excluding hydrogens is 264 g/mol. The van der Waals surface area contributed by atoms with Crippen molar-refractivity contribution in [1.82, 2.24) is 9.80 Å². The Morgan fingerprint density at radius 3 is 2.29 bits per heavy atom. The van der Waals surface area contributed by atoms with Crippen LogP contribution in [0, 0.1) is 6.92 Å². The number of urea groups is 1. The highest BCUT2D eigenvalue weighted by molar-refractivity contribution is 6.06. The van der Waals surface area contributed by atoms with Gasteiger partial charge in [-0.15, -0.1) is 0 Å². The van der Waals surface area contributed by atoms with Gasteiger partial charge in [0.1, 0.15) is 5.54 Å². The molecule has 2 rings (SSSR count). The van der Waals surface area contributed by atoms with E-state index >= 15 is 0 Å². The number of amides is 3. The number of aryl methyl sites for hydroxylation is 1. The molecule has 1 aliphatic heterocycles. The molecule has 0 unspecified atom stereocenters. The number of rotatable bonds is 5. The topological polar surface area (TPSA) is 40.6 Å². The first kappa shape index (κ1) is 15.5. The molecule has 4 nitrogen and oxygen atoms in total. The van der Waals surface area contributed by atoms with Gasteiger partial charge in [0.15, 0.2) is 0 Å². The molecule has 3 amide bonds. The van der Waals surface area contributed by atoms with Crippen LogP contribution in [-0.4, -0.2) is 35.3 Å². The zero-order valence-corrected chi connectivity index (χ0v) is 13.3. The Balaban J connectivity index is 2.37. The number of nitrogens with zero attached hydrogens (tertiary/aromatic N) is 2. The van der Waals surface area contributed by atoms with E-state index in [0.29, 0.717) is 6.54 Å². The van der Waals surface area contributed by atoms with Crippen molar-refractivity contribution < 1.29 is 9.59 Å². The van der Waals surface area contributed by atoms with Crippen molar-refractivity contribution in [3.8, 4) is 0 Å². The van der Waals surface area contributed by atoms with Crippen LogP contribution in [-0.2, 0) is 10.3 Å². The van der Waals surface area contributed by atoms with Crippen LogP contribution >= 0.6 is 0 Å². The lowest BCUT2D eigenvalue weighted by atomic mass is 9.89. The Bertz CT molecular complexity index is 538. The van der Waals surface area contributed by atoms with Gasteiger partial charge in [0.25, 0.3) is 5.91 Å². The van der Waals surface area contributed by atoms with E-state index in [-0.39, 0.29) is 11.9 Å². The van der Waals surface area contributed by atoms with Gasteiger partial charge in [0, 0.05) is 13.6 Å². The zero-order chi connectivity index (χ0) is 15.6. The van der Waals surface area contributed by atoms with E-state index in [0.717, 1.165) is 30.4 Å². The van der Waals surface area contributed by atoms with Crippen LogP contribution in [0.3, 0.4) is 0 Å². The van der Waals surface area contributed by atoms with Gasteiger partial charge in [-0.3, -0.25) is 9.69 Å². The monoisotopic (exact) mass is 288 g/mol. The van der Waals surface area contributed by atoms with Gasteiger partial charge < -0.3 is 4.90 Å². The molecule has 0 spiro atoms. The predicted molar refractivity (Wildman–Crippen MR) is 82.9 cm³/mol. The first-order valence-corrected chi connectivity index (χ1v) is 7.59. The molecule has 0 radical (unpaired) electrons. The fourth-order valence-corrected chi connectivity index (χ4v) is 2.90. The Kier molecular flexibility index (Phi) is 4.35. The first-order valence-electron chi connectivity index (χ1n) is 7.59. The molecule has 1 fully saturated rings. The molecule has 21 heavy (non-hydrogen) atoms. The molecule has 1 aromatic rings. The van der Waals surface area contributed by atoms with Crippen molar-refractivity contribution in [1.29, 1.82) is 0 Å². The SMILES string of the molecule is CCCCCN1C(=O)N(C)C(=O)[C@@]1(C)c1ccc(C)cc1. The van der Waals surface area contributed by atoms with Crippen molar-refractivity contribution >= 4 is 11.9 Å². The molecule has 1 heterocycles. The third-order valence-electron chi connectivity index (χ3n) is 4.38. The van der Waals surface area contributed by atoms with Crippen molar-refractivity contribution in [3.63, 3.8) is 0 Å². The number of hydrogen-bond acceptors (Lipinski definition) is 2. The van der Waals surface area contributed by atoms with Gasteiger partial charge in [-0.25, -0.2) is 4.79 Å². The fraction of sp³-hybridized carbons (Fsp3) is 0.529. The minimum absolute atomic E-state index is 0.146. The van der Waals surface area contributed by atoms with Crippen LogP contribution in [0.25, 0.3) is 0 Å². The number of benzene rings is 1. The number of hydrogen-bond donors (Lipinski definition) is 0. The van der Waals surface area contributed by atoms with E-state index in [2.05, 4.69) is 6.92 Å². The van der Waals surface area contributed by atoms with Gasteiger partial charge >= 0.3 is 6.03 Å². The number of unbranched alkanes of at least 4 members (excludes halogenated alkanes) is 2. The van der Waals surface area contributed by atoms with E-state index in [1.165, 1.54) is 4.90 Å². The Labute approximate surface area is 126 Å². The summed E-state index contributed by atoms with van der Waals surface area (Å²) in [5.74, 6) is -0.146. The van der Waals surface area contributed by atoms with Crippen molar-refractivity contribution in [2.45, 2.75) is 45.6 Å². The van der Waals surface area contributed by atoms with Crippen LogP contribution in [0.2, 0.25) is 0 Å². The van der Waals surface area contributed by atoms with Gasteiger partial charge in [-0.2, -0.15) is 0 Å². The molecular formula is C17H24N2O2. The molecule has 114 valence electrons. The van der Waals surface area contributed by atoms with Crippen molar-refractivity contribution in [3.05, 3.63) is 35.4 Å². The maximum absolute atomic E-state index is 12.6. The second kappa shape index (κ2) is 5.88. The van der Waals surface area contributed by atoms with Crippen molar-refractivity contribution in [2.75, 3.05) is 13.6 Å². The quantitative estimate of drug-likeness (QED) is 0.616. The van der Waals surface area contributed by atoms with E-state index in [4.69, 9.17) is 0 Å². The molecule has 4 heteroatoms. The predicted octanol–water partition coefficient (Wildman–Crippen LogP) is 3.29. The summed E-state index contributed by atoms with van der Waals surface area (Å²) in [5, 5.41) is 0. The highest BCUT2D eigenvalue weighted by Gasteiger charge is 2.53. The third kappa shape index (κ3) is 2.55. The Morgan fingerprint density at radius 2 is 1.71 bits per heavy atom. The van der Waals surface area contributed by atoms with E-state index in [1.807, 2.05) is 38.1 Å². The second-order valence-electron chi connectivity index (χ2n) is 5.94. The summed E-state index contributed by atoms with van der Waals surface area (Å²) < 4.78 is 0. The summed E-state index contributed by atoms with van der Waals surface area (Å²) in [6, 6.07) is 7.68. The summed E-state index contributed by atoms with van der Waals surface area (Å²) in [4.78, 5) is 28.0. The zero-order valence-electron chi connectivity index (χ0n) is 13.3. The minimum atomic E-state index is -0.882. The van der Waals surface area contributed by atoms with E-state index in [1.54, 1.807) is 11.9 Å². The molecule has 0 aromatic heterocycles.